The number of hydrogen-bond donors (Lipinski definition) is 3. The second-order valence-corrected chi connectivity index (χ2v) is 3.15. The van der Waals surface area contributed by atoms with Crippen molar-refractivity contribution in [2.45, 2.75) is 18.8 Å². The van der Waals surface area contributed by atoms with Gasteiger partial charge in [0.05, 0.1) is 6.42 Å². The first kappa shape index (κ1) is 10.8. The Morgan fingerprint density at radius 2 is 1.71 bits per heavy atom. The van der Waals surface area contributed by atoms with Gasteiger partial charge in [-0.25, -0.2) is 0 Å². The lowest BCUT2D eigenvalue weighted by molar-refractivity contribution is -0.309. The van der Waals surface area contributed by atoms with Crippen LogP contribution in [0, 0.1) is 0 Å². The SMILES string of the molecule is O=C(Cc1ccccc1)CC(O)(O)O. The normalized spacial score (nSPS) is 11.4. The van der Waals surface area contributed by atoms with Gasteiger partial charge >= 0.3 is 0 Å². The van der Waals surface area contributed by atoms with Crippen molar-refractivity contribution in [3.05, 3.63) is 35.9 Å². The molecule has 0 aliphatic carbocycles. The lowest BCUT2D eigenvalue weighted by atomic mass is 10.1. The molecule has 1 aromatic carbocycles. The Morgan fingerprint density at radius 1 is 1.14 bits per heavy atom. The van der Waals surface area contributed by atoms with Gasteiger partial charge in [0.1, 0.15) is 5.78 Å². The fourth-order valence-corrected chi connectivity index (χ4v) is 1.15. The molecule has 0 fully saturated rings. The van der Waals surface area contributed by atoms with Crippen molar-refractivity contribution in [1.82, 2.24) is 0 Å². The molecule has 0 unspecified atom stereocenters. The van der Waals surface area contributed by atoms with E-state index in [1.54, 1.807) is 24.3 Å². The number of Topliss-reactive ketones (excluding diaryl/α,β-unsaturated/α-hetero) is 1. The van der Waals surface area contributed by atoms with Crippen LogP contribution in [0.3, 0.4) is 0 Å². The Balaban J connectivity index is 2.50. The van der Waals surface area contributed by atoms with Gasteiger partial charge in [-0.05, 0) is 5.56 Å². The Labute approximate surface area is 81.4 Å². The Bertz CT molecular complexity index is 300. The van der Waals surface area contributed by atoms with Crippen molar-refractivity contribution in [2.24, 2.45) is 0 Å². The van der Waals surface area contributed by atoms with Crippen molar-refractivity contribution < 1.29 is 20.1 Å². The minimum Gasteiger partial charge on any atom is -0.343 e. The smallest absolute Gasteiger partial charge is 0.282 e. The number of ketones is 1. The summed E-state index contributed by atoms with van der Waals surface area (Å²) < 4.78 is 0. The molecule has 0 radical (unpaired) electrons. The minimum atomic E-state index is -2.90. The molecule has 0 atom stereocenters. The highest BCUT2D eigenvalue weighted by molar-refractivity contribution is 5.81. The molecule has 4 heteroatoms. The van der Waals surface area contributed by atoms with Crippen molar-refractivity contribution in [2.75, 3.05) is 0 Å². The molecule has 0 aromatic heterocycles. The maximum atomic E-state index is 11.1. The lowest BCUT2D eigenvalue weighted by Crippen LogP contribution is -2.31. The third-order valence-electron chi connectivity index (χ3n) is 1.68. The van der Waals surface area contributed by atoms with Crippen molar-refractivity contribution in [3.63, 3.8) is 0 Å². The number of hydrogen-bond acceptors (Lipinski definition) is 4. The highest BCUT2D eigenvalue weighted by Gasteiger charge is 2.22. The summed E-state index contributed by atoms with van der Waals surface area (Å²) in [6.45, 7) is 0. The summed E-state index contributed by atoms with van der Waals surface area (Å²) in [6, 6.07) is 8.90. The summed E-state index contributed by atoms with van der Waals surface area (Å²) in [6.07, 6.45) is -0.591. The maximum Gasteiger partial charge on any atom is 0.282 e. The quantitative estimate of drug-likeness (QED) is 0.584. The summed E-state index contributed by atoms with van der Waals surface area (Å²) in [5.74, 6) is -3.32. The van der Waals surface area contributed by atoms with E-state index in [2.05, 4.69) is 0 Å². The van der Waals surface area contributed by atoms with E-state index in [1.165, 1.54) is 0 Å². The number of benzene rings is 1. The van der Waals surface area contributed by atoms with Gasteiger partial charge in [0, 0.05) is 6.42 Å². The molecule has 0 bridgehead atoms. The van der Waals surface area contributed by atoms with Gasteiger partial charge in [-0.3, -0.25) is 4.79 Å². The van der Waals surface area contributed by atoms with Gasteiger partial charge in [-0.2, -0.15) is 0 Å². The van der Waals surface area contributed by atoms with Crippen LogP contribution in [0.25, 0.3) is 0 Å². The summed E-state index contributed by atoms with van der Waals surface area (Å²) in [4.78, 5) is 11.1. The number of aliphatic hydroxyl groups is 3. The van der Waals surface area contributed by atoms with Crippen LogP contribution in [-0.4, -0.2) is 27.1 Å². The van der Waals surface area contributed by atoms with Crippen LogP contribution in [-0.2, 0) is 11.2 Å². The molecule has 1 rings (SSSR count). The fraction of sp³-hybridized carbons (Fsp3) is 0.300. The molecule has 0 heterocycles. The third-order valence-corrected chi connectivity index (χ3v) is 1.68. The number of carbonyl (C=O) groups excluding carboxylic acids is 1. The summed E-state index contributed by atoms with van der Waals surface area (Å²) in [5.41, 5.74) is 0.779. The fourth-order valence-electron chi connectivity index (χ4n) is 1.15. The Morgan fingerprint density at radius 3 is 2.21 bits per heavy atom. The van der Waals surface area contributed by atoms with E-state index in [1.807, 2.05) is 6.07 Å². The van der Waals surface area contributed by atoms with Crippen LogP contribution < -0.4 is 0 Å². The lowest BCUT2D eigenvalue weighted by Gasteiger charge is -2.12. The molecule has 1 aromatic rings. The van der Waals surface area contributed by atoms with Crippen LogP contribution in [0.5, 0.6) is 0 Å². The second-order valence-electron chi connectivity index (χ2n) is 3.15. The molecule has 0 saturated carbocycles. The van der Waals surface area contributed by atoms with E-state index in [-0.39, 0.29) is 6.42 Å². The van der Waals surface area contributed by atoms with Gasteiger partial charge in [0.2, 0.25) is 0 Å². The van der Waals surface area contributed by atoms with Crippen molar-refractivity contribution >= 4 is 5.78 Å². The van der Waals surface area contributed by atoms with Gasteiger partial charge in [0.25, 0.3) is 5.97 Å². The highest BCUT2D eigenvalue weighted by Crippen LogP contribution is 2.06. The second kappa shape index (κ2) is 4.32. The maximum absolute atomic E-state index is 11.1. The molecule has 14 heavy (non-hydrogen) atoms. The van der Waals surface area contributed by atoms with E-state index in [4.69, 9.17) is 15.3 Å². The van der Waals surface area contributed by atoms with Gasteiger partial charge in [-0.15, -0.1) is 0 Å². The molecule has 0 saturated heterocycles. The third kappa shape index (κ3) is 4.13. The summed E-state index contributed by atoms with van der Waals surface area (Å²) >= 11 is 0. The van der Waals surface area contributed by atoms with Crippen LogP contribution >= 0.6 is 0 Å². The zero-order chi connectivity index (χ0) is 10.6. The van der Waals surface area contributed by atoms with Gasteiger partial charge in [0.15, 0.2) is 0 Å². The number of rotatable bonds is 4. The van der Waals surface area contributed by atoms with E-state index in [0.29, 0.717) is 0 Å². The van der Waals surface area contributed by atoms with E-state index in [0.717, 1.165) is 5.56 Å². The molecule has 0 spiro atoms. The van der Waals surface area contributed by atoms with E-state index >= 15 is 0 Å². The highest BCUT2D eigenvalue weighted by atomic mass is 16.7. The van der Waals surface area contributed by atoms with E-state index < -0.39 is 18.2 Å². The first-order chi connectivity index (χ1) is 6.47. The molecular formula is C10H12O4. The van der Waals surface area contributed by atoms with Gasteiger partial charge in [-0.1, -0.05) is 30.3 Å². The van der Waals surface area contributed by atoms with E-state index in [9.17, 15) is 4.79 Å². The Kier molecular flexibility index (Phi) is 3.35. The summed E-state index contributed by atoms with van der Waals surface area (Å²) in [7, 11) is 0. The van der Waals surface area contributed by atoms with Crippen molar-refractivity contribution in [3.8, 4) is 0 Å². The summed E-state index contributed by atoms with van der Waals surface area (Å²) in [5, 5.41) is 25.7. The average Bonchev–Trinajstić information content (AvgIpc) is 2.02. The predicted octanol–water partition coefficient (Wildman–Crippen LogP) is -0.181. The standard InChI is InChI=1S/C10H12O4/c11-9(7-10(12,13)14)6-8-4-2-1-3-5-8/h1-5,12-14H,6-7H2. The molecular weight excluding hydrogens is 184 g/mol. The van der Waals surface area contributed by atoms with Gasteiger partial charge < -0.3 is 15.3 Å². The van der Waals surface area contributed by atoms with Crippen LogP contribution in [0.2, 0.25) is 0 Å². The molecule has 76 valence electrons. The van der Waals surface area contributed by atoms with Crippen LogP contribution in [0.4, 0.5) is 0 Å². The zero-order valence-corrected chi connectivity index (χ0v) is 7.55. The van der Waals surface area contributed by atoms with Crippen LogP contribution in [0.15, 0.2) is 30.3 Å². The molecule has 0 aliphatic rings. The first-order valence-corrected chi connectivity index (χ1v) is 4.20. The zero-order valence-electron chi connectivity index (χ0n) is 7.55. The Hall–Kier alpha value is -1.23. The molecule has 3 N–H and O–H groups in total. The minimum absolute atomic E-state index is 0.0876. The monoisotopic (exact) mass is 196 g/mol. The van der Waals surface area contributed by atoms with Crippen LogP contribution in [0.1, 0.15) is 12.0 Å². The number of carbonyl (C=O) groups is 1. The topological polar surface area (TPSA) is 77.8 Å². The molecule has 4 nitrogen and oxygen atoms in total. The largest absolute Gasteiger partial charge is 0.343 e. The first-order valence-electron chi connectivity index (χ1n) is 4.20. The average molecular weight is 196 g/mol. The van der Waals surface area contributed by atoms with Crippen molar-refractivity contribution in [1.29, 1.82) is 0 Å². The molecule has 0 aliphatic heterocycles. The predicted molar refractivity (Wildman–Crippen MR) is 49.2 cm³/mol. The molecule has 0 amide bonds.